The minimum absolute atomic E-state index is 0.120. The average Bonchev–Trinajstić information content (AvgIpc) is 2.70. The van der Waals surface area contributed by atoms with Crippen molar-refractivity contribution in [3.8, 4) is 0 Å². The summed E-state index contributed by atoms with van der Waals surface area (Å²) in [5, 5.41) is 1.84. The lowest BCUT2D eigenvalue weighted by molar-refractivity contribution is 0.130. The molecule has 6 nitrogen and oxygen atoms in total. The summed E-state index contributed by atoms with van der Waals surface area (Å²) in [4.78, 5) is 12.4. The molecule has 2 rings (SSSR count). The van der Waals surface area contributed by atoms with E-state index in [1.54, 1.807) is 6.08 Å². The first kappa shape index (κ1) is 23.4. The summed E-state index contributed by atoms with van der Waals surface area (Å²) in [5.41, 5.74) is 0.861. The Bertz CT molecular complexity index is 742. The summed E-state index contributed by atoms with van der Waals surface area (Å²) in [5.74, 6) is -0.131. The normalized spacial score (nSPS) is 17.5. The Morgan fingerprint density at radius 2 is 1.86 bits per heavy atom. The summed E-state index contributed by atoms with van der Waals surface area (Å²) in [6.07, 6.45) is 5.38. The first-order chi connectivity index (χ1) is 13.8. The van der Waals surface area contributed by atoms with E-state index in [0.717, 1.165) is 37.7 Å². The molecule has 29 heavy (non-hydrogen) atoms. The van der Waals surface area contributed by atoms with Gasteiger partial charge in [-0.25, -0.2) is 4.79 Å². The number of alkyl carbamates (subject to hydrolysis) is 1. The number of benzene rings is 1. The van der Waals surface area contributed by atoms with Crippen molar-refractivity contribution in [3.63, 3.8) is 0 Å². The summed E-state index contributed by atoms with van der Waals surface area (Å²) >= 11 is 0. The third kappa shape index (κ3) is 7.48. The van der Waals surface area contributed by atoms with Gasteiger partial charge in [-0.1, -0.05) is 69.5 Å². The lowest BCUT2D eigenvalue weighted by atomic mass is 9.98. The molecule has 1 aliphatic rings. The molecular weight excluding hydrogens is 390 g/mol. The Morgan fingerprint density at radius 1 is 1.21 bits per heavy atom. The SMILES string of the molecule is C=CC[C@H]([C@H](NC(=O)OCc1ccccc1)C(C)C)S(=O)(=O)OC1CCCCC1. The molecule has 1 aromatic carbocycles. The monoisotopic (exact) mass is 423 g/mol. The van der Waals surface area contributed by atoms with Crippen LogP contribution in [0.2, 0.25) is 0 Å². The van der Waals surface area contributed by atoms with Gasteiger partial charge in [0.05, 0.1) is 12.1 Å². The first-order valence-electron chi connectivity index (χ1n) is 10.3. The number of allylic oxidation sites excluding steroid dienone is 1. The van der Waals surface area contributed by atoms with E-state index < -0.39 is 27.5 Å². The van der Waals surface area contributed by atoms with Gasteiger partial charge < -0.3 is 10.1 Å². The third-order valence-corrected chi connectivity index (χ3v) is 6.98. The second-order valence-electron chi connectivity index (χ2n) is 7.89. The molecule has 0 unspecified atom stereocenters. The number of hydrogen-bond acceptors (Lipinski definition) is 5. The van der Waals surface area contributed by atoms with Crippen LogP contribution in [-0.2, 0) is 25.6 Å². The van der Waals surface area contributed by atoms with Crippen LogP contribution in [0.25, 0.3) is 0 Å². The van der Waals surface area contributed by atoms with E-state index >= 15 is 0 Å². The second-order valence-corrected chi connectivity index (χ2v) is 9.67. The Balaban J connectivity index is 2.06. The maximum atomic E-state index is 13.0. The first-order valence-corrected chi connectivity index (χ1v) is 11.8. The van der Waals surface area contributed by atoms with Crippen LogP contribution in [0.3, 0.4) is 0 Å². The molecule has 0 saturated heterocycles. The lowest BCUT2D eigenvalue weighted by Gasteiger charge is -2.31. The highest BCUT2D eigenvalue weighted by Gasteiger charge is 2.38. The number of amides is 1. The molecule has 0 spiro atoms. The van der Waals surface area contributed by atoms with Crippen molar-refractivity contribution in [2.24, 2.45) is 5.92 Å². The number of ether oxygens (including phenoxy) is 1. The van der Waals surface area contributed by atoms with Gasteiger partial charge in [0.25, 0.3) is 10.1 Å². The highest BCUT2D eigenvalue weighted by atomic mass is 32.2. The van der Waals surface area contributed by atoms with E-state index in [4.69, 9.17) is 8.92 Å². The highest BCUT2D eigenvalue weighted by molar-refractivity contribution is 7.87. The molecule has 1 fully saturated rings. The molecule has 0 radical (unpaired) electrons. The van der Waals surface area contributed by atoms with E-state index in [1.807, 2.05) is 44.2 Å². The van der Waals surface area contributed by atoms with Gasteiger partial charge >= 0.3 is 6.09 Å². The maximum absolute atomic E-state index is 13.0. The van der Waals surface area contributed by atoms with Crippen molar-refractivity contribution < 1.29 is 22.1 Å². The summed E-state index contributed by atoms with van der Waals surface area (Å²) in [6, 6.07) is 8.68. The van der Waals surface area contributed by atoms with E-state index in [9.17, 15) is 13.2 Å². The number of nitrogens with one attached hydrogen (secondary N) is 1. The molecule has 0 bridgehead atoms. The van der Waals surface area contributed by atoms with Crippen LogP contribution in [0, 0.1) is 5.92 Å². The van der Waals surface area contributed by atoms with E-state index in [0.29, 0.717) is 0 Å². The largest absolute Gasteiger partial charge is 0.445 e. The van der Waals surface area contributed by atoms with Crippen molar-refractivity contribution in [3.05, 3.63) is 48.6 Å². The molecule has 1 aliphatic carbocycles. The predicted octanol–water partition coefficient (Wildman–Crippen LogP) is 4.56. The molecule has 162 valence electrons. The fourth-order valence-corrected chi connectivity index (χ4v) is 5.45. The predicted molar refractivity (Wildman–Crippen MR) is 114 cm³/mol. The van der Waals surface area contributed by atoms with Gasteiger partial charge in [0.2, 0.25) is 0 Å². The zero-order valence-corrected chi connectivity index (χ0v) is 18.2. The van der Waals surface area contributed by atoms with Gasteiger partial charge in [-0.05, 0) is 30.7 Å². The van der Waals surface area contributed by atoms with Crippen LogP contribution < -0.4 is 5.32 Å². The maximum Gasteiger partial charge on any atom is 0.407 e. The third-order valence-electron chi connectivity index (χ3n) is 5.21. The van der Waals surface area contributed by atoms with Crippen LogP contribution >= 0.6 is 0 Å². The zero-order chi connectivity index (χ0) is 21.3. The molecule has 0 heterocycles. The van der Waals surface area contributed by atoms with Crippen molar-refractivity contribution in [2.75, 3.05) is 0 Å². The van der Waals surface area contributed by atoms with E-state index in [1.165, 1.54) is 0 Å². The minimum Gasteiger partial charge on any atom is -0.445 e. The molecule has 1 N–H and O–H groups in total. The van der Waals surface area contributed by atoms with Gasteiger partial charge in [-0.3, -0.25) is 4.18 Å². The van der Waals surface area contributed by atoms with Crippen LogP contribution in [0.4, 0.5) is 4.79 Å². The fourth-order valence-electron chi connectivity index (χ4n) is 3.62. The Kier molecular flexibility index (Phi) is 9.17. The van der Waals surface area contributed by atoms with Crippen LogP contribution in [0.15, 0.2) is 43.0 Å². The van der Waals surface area contributed by atoms with Gasteiger partial charge in [-0.15, -0.1) is 6.58 Å². The van der Waals surface area contributed by atoms with Crippen LogP contribution in [0.5, 0.6) is 0 Å². The quantitative estimate of drug-likeness (QED) is 0.441. The molecule has 0 aliphatic heterocycles. The Hall–Kier alpha value is -1.86. The van der Waals surface area contributed by atoms with Crippen molar-refractivity contribution in [1.29, 1.82) is 0 Å². The average molecular weight is 424 g/mol. The second kappa shape index (κ2) is 11.4. The number of carbonyl (C=O) groups excluding carboxylic acids is 1. The highest BCUT2D eigenvalue weighted by Crippen LogP contribution is 2.26. The molecule has 1 amide bonds. The van der Waals surface area contributed by atoms with Gasteiger partial charge in [0, 0.05) is 0 Å². The summed E-state index contributed by atoms with van der Waals surface area (Å²) < 4.78 is 36.9. The minimum atomic E-state index is -3.88. The molecule has 0 aromatic heterocycles. The summed E-state index contributed by atoms with van der Waals surface area (Å²) in [6.45, 7) is 7.55. The number of rotatable bonds is 10. The Morgan fingerprint density at radius 3 is 2.45 bits per heavy atom. The van der Waals surface area contributed by atoms with Crippen molar-refractivity contribution >= 4 is 16.2 Å². The molecule has 1 aromatic rings. The van der Waals surface area contributed by atoms with E-state index in [2.05, 4.69) is 11.9 Å². The van der Waals surface area contributed by atoms with Gasteiger partial charge in [0.15, 0.2) is 0 Å². The fraction of sp³-hybridized carbons (Fsp3) is 0.591. The van der Waals surface area contributed by atoms with Gasteiger partial charge in [-0.2, -0.15) is 8.42 Å². The standard InChI is InChI=1S/C22H33NO5S/c1-4-11-20(29(25,26)28-19-14-9-6-10-15-19)21(17(2)3)23-22(24)27-16-18-12-7-5-8-13-18/h4-5,7-8,12-13,17,19-21H,1,6,9-11,14-16H2,2-3H3,(H,23,24)/t20-,21-/m1/s1. The topological polar surface area (TPSA) is 81.7 Å². The molecule has 1 saturated carbocycles. The van der Waals surface area contributed by atoms with Crippen LogP contribution in [0.1, 0.15) is 57.9 Å². The van der Waals surface area contributed by atoms with Crippen molar-refractivity contribution in [2.45, 2.75) is 76.4 Å². The summed E-state index contributed by atoms with van der Waals surface area (Å²) in [7, 11) is -3.88. The van der Waals surface area contributed by atoms with Gasteiger partial charge in [0.1, 0.15) is 11.9 Å². The Labute approximate surface area is 174 Å². The molecule has 7 heteroatoms. The zero-order valence-electron chi connectivity index (χ0n) is 17.4. The smallest absolute Gasteiger partial charge is 0.407 e. The lowest BCUT2D eigenvalue weighted by Crippen LogP contribution is -2.50. The number of carbonyl (C=O) groups is 1. The van der Waals surface area contributed by atoms with Crippen molar-refractivity contribution in [1.82, 2.24) is 5.32 Å². The number of hydrogen-bond donors (Lipinski definition) is 1. The molecule has 2 atom stereocenters. The van der Waals surface area contributed by atoms with Crippen LogP contribution in [-0.4, -0.2) is 31.9 Å². The molecular formula is C22H33NO5S. The van der Waals surface area contributed by atoms with E-state index in [-0.39, 0.29) is 25.0 Å².